The van der Waals surface area contributed by atoms with Crippen LogP contribution < -0.4 is 20.7 Å². The van der Waals surface area contributed by atoms with Gasteiger partial charge in [0.15, 0.2) is 5.11 Å². The zero-order chi connectivity index (χ0) is 27.2. The highest BCUT2D eigenvalue weighted by Crippen LogP contribution is 2.27. The highest BCUT2D eigenvalue weighted by atomic mass is 32.1. The highest BCUT2D eigenvalue weighted by molar-refractivity contribution is 7.80. The number of rotatable bonds is 7. The molecule has 2 aromatic carbocycles. The van der Waals surface area contributed by atoms with Crippen LogP contribution in [0.25, 0.3) is 0 Å². The molecule has 0 atom stereocenters. The molecular formula is C28H29FN6O3S. The molecule has 9 nitrogen and oxygen atoms in total. The lowest BCUT2D eigenvalue weighted by Gasteiger charge is -2.43. The van der Waals surface area contributed by atoms with Gasteiger partial charge in [0.1, 0.15) is 23.1 Å². The quantitative estimate of drug-likeness (QED) is 0.377. The molecule has 0 unspecified atom stereocenters. The lowest BCUT2D eigenvalue weighted by atomic mass is 10.1. The van der Waals surface area contributed by atoms with Crippen molar-refractivity contribution in [2.24, 2.45) is 0 Å². The highest BCUT2D eigenvalue weighted by Gasteiger charge is 2.35. The van der Waals surface area contributed by atoms with Gasteiger partial charge in [-0.2, -0.15) is 0 Å². The van der Waals surface area contributed by atoms with E-state index in [2.05, 4.69) is 25.8 Å². The van der Waals surface area contributed by atoms with Crippen LogP contribution in [0.5, 0.6) is 11.5 Å². The molecule has 202 valence electrons. The van der Waals surface area contributed by atoms with E-state index in [1.807, 2.05) is 30.3 Å². The molecule has 0 bridgehead atoms. The van der Waals surface area contributed by atoms with Crippen LogP contribution in [-0.4, -0.2) is 64.1 Å². The van der Waals surface area contributed by atoms with Gasteiger partial charge in [0.25, 0.3) is 0 Å². The average molecular weight is 549 g/mol. The van der Waals surface area contributed by atoms with Gasteiger partial charge in [-0.3, -0.25) is 15.0 Å². The van der Waals surface area contributed by atoms with Crippen LogP contribution in [0.4, 0.5) is 20.7 Å². The fourth-order valence-electron chi connectivity index (χ4n) is 4.59. The van der Waals surface area contributed by atoms with Crippen molar-refractivity contribution in [2.45, 2.75) is 25.3 Å². The van der Waals surface area contributed by atoms with Gasteiger partial charge >= 0.3 is 6.03 Å². The number of likely N-dealkylation sites (tertiary alicyclic amines) is 2. The summed E-state index contributed by atoms with van der Waals surface area (Å²) in [6.07, 6.45) is 4.12. The molecule has 2 fully saturated rings. The molecule has 11 heteroatoms. The molecule has 2 aliphatic rings. The van der Waals surface area contributed by atoms with E-state index in [9.17, 15) is 14.0 Å². The smallest absolute Gasteiger partial charge is 0.323 e. The zero-order valence-electron chi connectivity index (χ0n) is 21.2. The Hall–Kier alpha value is -4.09. The molecule has 2 aliphatic heterocycles. The van der Waals surface area contributed by atoms with Gasteiger partial charge in [0.05, 0.1) is 12.1 Å². The van der Waals surface area contributed by atoms with Crippen LogP contribution in [0, 0.1) is 5.82 Å². The Kier molecular flexibility index (Phi) is 8.28. The van der Waals surface area contributed by atoms with Gasteiger partial charge < -0.3 is 20.3 Å². The number of nitrogens with one attached hydrogen (secondary N) is 3. The average Bonchev–Trinajstić information content (AvgIpc) is 3.40. The number of carbonyl (C=O) groups is 2. The number of urea groups is 1. The Labute approximate surface area is 231 Å². The minimum Gasteiger partial charge on any atom is -0.457 e. The van der Waals surface area contributed by atoms with Crippen molar-refractivity contribution in [2.75, 3.05) is 36.8 Å². The predicted octanol–water partition coefficient (Wildman–Crippen LogP) is 4.38. The molecule has 3 aromatic rings. The molecular weight excluding hydrogens is 519 g/mol. The summed E-state index contributed by atoms with van der Waals surface area (Å²) >= 11 is 5.15. The maximum atomic E-state index is 14.7. The molecule has 39 heavy (non-hydrogen) atoms. The van der Waals surface area contributed by atoms with Gasteiger partial charge in [-0.15, -0.1) is 0 Å². The normalized spacial score (nSPS) is 15.4. The van der Waals surface area contributed by atoms with Crippen molar-refractivity contribution in [1.29, 1.82) is 0 Å². The molecule has 0 saturated carbocycles. The van der Waals surface area contributed by atoms with Gasteiger partial charge in [-0.05, 0) is 61.9 Å². The first-order valence-electron chi connectivity index (χ1n) is 12.8. The number of carbonyl (C=O) groups excluding carboxylic acids is 2. The Morgan fingerprint density at radius 2 is 1.74 bits per heavy atom. The van der Waals surface area contributed by atoms with E-state index in [0.29, 0.717) is 30.7 Å². The van der Waals surface area contributed by atoms with Crippen molar-refractivity contribution < 1.29 is 18.7 Å². The number of amides is 3. The number of nitrogens with zero attached hydrogens (tertiary/aromatic N) is 3. The van der Waals surface area contributed by atoms with Gasteiger partial charge in [-0.25, -0.2) is 14.2 Å². The molecule has 1 aromatic heterocycles. The van der Waals surface area contributed by atoms with Crippen molar-refractivity contribution in [1.82, 2.24) is 20.1 Å². The van der Waals surface area contributed by atoms with Crippen LogP contribution in [0.2, 0.25) is 0 Å². The number of thiocarbonyl (C=S) groups is 1. The molecule has 5 rings (SSSR count). The minimum atomic E-state index is -0.611. The van der Waals surface area contributed by atoms with E-state index in [1.54, 1.807) is 23.1 Å². The second kappa shape index (κ2) is 12.2. The predicted molar refractivity (Wildman–Crippen MR) is 150 cm³/mol. The number of pyridine rings is 1. The summed E-state index contributed by atoms with van der Waals surface area (Å²) in [5, 5.41) is 8.04. The number of benzene rings is 2. The largest absolute Gasteiger partial charge is 0.457 e. The number of hydrogen-bond donors (Lipinski definition) is 3. The molecule has 3 N–H and O–H groups in total. The van der Waals surface area contributed by atoms with Crippen LogP contribution in [0.15, 0.2) is 66.9 Å². The summed E-state index contributed by atoms with van der Waals surface area (Å²) < 4.78 is 20.5. The first-order chi connectivity index (χ1) is 18.9. The van der Waals surface area contributed by atoms with Gasteiger partial charge in [0.2, 0.25) is 5.91 Å². The zero-order valence-corrected chi connectivity index (χ0v) is 22.0. The van der Waals surface area contributed by atoms with E-state index >= 15 is 0 Å². The first-order valence-corrected chi connectivity index (χ1v) is 13.2. The Bertz CT molecular complexity index is 1350. The fraction of sp³-hybridized carbons (Fsp3) is 0.286. The molecule has 0 spiro atoms. The molecule has 0 aliphatic carbocycles. The number of anilines is 2. The van der Waals surface area contributed by atoms with Crippen LogP contribution >= 0.6 is 12.2 Å². The first kappa shape index (κ1) is 26.5. The minimum absolute atomic E-state index is 0.00744. The lowest BCUT2D eigenvalue weighted by molar-refractivity contribution is -0.119. The Balaban J connectivity index is 1.11. The molecule has 3 amide bonds. The molecule has 2 saturated heterocycles. The summed E-state index contributed by atoms with van der Waals surface area (Å²) in [5.41, 5.74) is 0.938. The molecule has 0 radical (unpaired) electrons. The third-order valence-electron chi connectivity index (χ3n) is 6.66. The number of hydrogen-bond acceptors (Lipinski definition) is 6. The topological polar surface area (TPSA) is 98.8 Å². The Morgan fingerprint density at radius 1 is 1.00 bits per heavy atom. The molecule has 3 heterocycles. The monoisotopic (exact) mass is 548 g/mol. The van der Waals surface area contributed by atoms with Gasteiger partial charge in [0, 0.05) is 37.5 Å². The lowest BCUT2D eigenvalue weighted by Crippen LogP contribution is -2.61. The third-order valence-corrected chi connectivity index (χ3v) is 6.86. The number of halogens is 1. The number of aromatic nitrogens is 1. The second-order valence-electron chi connectivity index (χ2n) is 9.52. The summed E-state index contributed by atoms with van der Waals surface area (Å²) in [5.74, 6) is 0.0668. The summed E-state index contributed by atoms with van der Waals surface area (Å²) in [4.78, 5) is 33.1. The van der Waals surface area contributed by atoms with E-state index in [-0.39, 0.29) is 34.9 Å². The van der Waals surface area contributed by atoms with Crippen molar-refractivity contribution in [3.8, 4) is 11.5 Å². The standard InChI is InChI=1S/C28H29FN6O3S/c29-23-15-21(8-9-24(23)31-27(39)33-26(36)14-19-6-2-1-3-7-19)38-22-10-11-30-25(16-22)32-28(37)35-17-20(18-35)34-12-4-5-13-34/h1-3,6-11,15-16,20H,4-5,12-14,17-18H2,(H,30,32,37)(H2,31,33,36,39). The third kappa shape index (κ3) is 7.06. The summed E-state index contributed by atoms with van der Waals surface area (Å²) in [6.45, 7) is 3.64. The Morgan fingerprint density at radius 3 is 2.49 bits per heavy atom. The van der Waals surface area contributed by atoms with E-state index in [1.165, 1.54) is 31.2 Å². The fourth-order valence-corrected chi connectivity index (χ4v) is 4.82. The van der Waals surface area contributed by atoms with Crippen LogP contribution in [-0.2, 0) is 11.2 Å². The van der Waals surface area contributed by atoms with Gasteiger partial charge in [-0.1, -0.05) is 30.3 Å². The van der Waals surface area contributed by atoms with Crippen molar-refractivity contribution in [3.05, 3.63) is 78.2 Å². The SMILES string of the molecule is O=C(Cc1ccccc1)NC(=S)Nc1ccc(Oc2ccnc(NC(=O)N3CC(N4CCCC4)C3)c2)cc1F. The second-order valence-corrected chi connectivity index (χ2v) is 9.93. The van der Waals surface area contributed by atoms with Crippen molar-refractivity contribution in [3.63, 3.8) is 0 Å². The van der Waals surface area contributed by atoms with E-state index in [4.69, 9.17) is 17.0 Å². The summed E-state index contributed by atoms with van der Waals surface area (Å²) in [7, 11) is 0. The van der Waals surface area contributed by atoms with E-state index < -0.39 is 5.82 Å². The van der Waals surface area contributed by atoms with Crippen molar-refractivity contribution >= 4 is 40.8 Å². The van der Waals surface area contributed by atoms with Crippen LogP contribution in [0.3, 0.4) is 0 Å². The maximum absolute atomic E-state index is 14.7. The number of ether oxygens (including phenoxy) is 1. The summed E-state index contributed by atoms with van der Waals surface area (Å²) in [6, 6.07) is 16.9. The maximum Gasteiger partial charge on any atom is 0.323 e. The van der Waals surface area contributed by atoms with E-state index in [0.717, 1.165) is 18.7 Å². The van der Waals surface area contributed by atoms with Crippen LogP contribution in [0.1, 0.15) is 18.4 Å².